The van der Waals surface area contributed by atoms with Crippen LogP contribution in [0.5, 0.6) is 5.75 Å². The molecular weight excluding hydrogens is 330 g/mol. The summed E-state index contributed by atoms with van der Waals surface area (Å²) in [6.07, 6.45) is 4.62. The van der Waals surface area contributed by atoms with Crippen molar-refractivity contribution in [3.63, 3.8) is 0 Å². The molecule has 0 amide bonds. The summed E-state index contributed by atoms with van der Waals surface area (Å²) in [5.74, 6) is 0.816. The third-order valence-corrected chi connectivity index (χ3v) is 5.44. The minimum Gasteiger partial charge on any atom is -0.490 e. The highest BCUT2D eigenvalue weighted by molar-refractivity contribution is 5.64. The Hall–Kier alpha value is -2.50. The monoisotopic (exact) mass is 355 g/mol. The van der Waals surface area contributed by atoms with Gasteiger partial charge in [0.15, 0.2) is 0 Å². The van der Waals surface area contributed by atoms with Crippen molar-refractivity contribution in [2.75, 3.05) is 24.6 Å². The molecule has 6 nitrogen and oxygen atoms in total. The molecule has 0 fully saturated rings. The second kappa shape index (κ2) is 6.67. The molecule has 1 aromatic carbocycles. The maximum Gasteiger partial charge on any atom is 0.335 e. The van der Waals surface area contributed by atoms with Crippen LogP contribution in [-0.4, -0.2) is 28.8 Å². The van der Waals surface area contributed by atoms with Gasteiger partial charge >= 0.3 is 5.69 Å². The average molecular weight is 355 g/mol. The van der Waals surface area contributed by atoms with Crippen molar-refractivity contribution < 1.29 is 4.74 Å². The van der Waals surface area contributed by atoms with Crippen LogP contribution < -0.4 is 20.9 Å². The average Bonchev–Trinajstić information content (AvgIpc) is 2.67. The van der Waals surface area contributed by atoms with Gasteiger partial charge in [-0.15, -0.1) is 0 Å². The number of aromatic nitrogens is 2. The Kier molecular flexibility index (Phi) is 4.34. The van der Waals surface area contributed by atoms with Gasteiger partial charge in [-0.2, -0.15) is 0 Å². The molecule has 0 atom stereocenters. The number of benzene rings is 1. The summed E-state index contributed by atoms with van der Waals surface area (Å²) in [5.41, 5.74) is 2.83. The van der Waals surface area contributed by atoms with Gasteiger partial charge in [-0.25, -0.2) is 9.36 Å². The van der Waals surface area contributed by atoms with Crippen LogP contribution in [0.2, 0.25) is 0 Å². The summed E-state index contributed by atoms with van der Waals surface area (Å²) in [6, 6.07) is 5.60. The molecule has 26 heavy (non-hydrogen) atoms. The molecule has 0 saturated carbocycles. The third-order valence-electron chi connectivity index (χ3n) is 5.44. The molecule has 0 radical (unpaired) electrons. The van der Waals surface area contributed by atoms with Gasteiger partial charge in [-0.05, 0) is 50.3 Å². The minimum atomic E-state index is -0.269. The summed E-state index contributed by atoms with van der Waals surface area (Å²) in [5, 5.41) is 0. The van der Waals surface area contributed by atoms with Gasteiger partial charge in [-0.1, -0.05) is 6.92 Å². The topological polar surface area (TPSA) is 56.5 Å². The Morgan fingerprint density at radius 1 is 1.15 bits per heavy atom. The van der Waals surface area contributed by atoms with Crippen molar-refractivity contribution in [2.45, 2.75) is 39.0 Å². The van der Waals surface area contributed by atoms with Gasteiger partial charge < -0.3 is 14.2 Å². The molecule has 1 aliphatic carbocycles. The maximum atomic E-state index is 13.1. The van der Waals surface area contributed by atoms with Gasteiger partial charge in [0.1, 0.15) is 12.4 Å². The first-order valence-electron chi connectivity index (χ1n) is 9.47. The molecule has 0 spiro atoms. The van der Waals surface area contributed by atoms with E-state index in [1.54, 1.807) is 11.6 Å². The second-order valence-electron chi connectivity index (χ2n) is 7.10. The molecule has 138 valence electrons. The van der Waals surface area contributed by atoms with Gasteiger partial charge in [0.25, 0.3) is 5.56 Å². The fraction of sp³-hybridized carbons (Fsp3) is 0.500. The highest BCUT2D eigenvalue weighted by atomic mass is 16.5. The lowest BCUT2D eigenvalue weighted by molar-refractivity contribution is 0.307. The molecule has 0 unspecified atom stereocenters. The quantitative estimate of drug-likeness (QED) is 0.845. The molecule has 2 heterocycles. The third kappa shape index (κ3) is 2.64. The Morgan fingerprint density at radius 3 is 2.77 bits per heavy atom. The molecule has 0 saturated heterocycles. The van der Waals surface area contributed by atoms with Crippen molar-refractivity contribution >= 4 is 5.69 Å². The van der Waals surface area contributed by atoms with E-state index in [0.29, 0.717) is 12.3 Å². The zero-order valence-corrected chi connectivity index (χ0v) is 15.5. The van der Waals surface area contributed by atoms with E-state index in [2.05, 4.69) is 11.8 Å². The molecule has 6 heteroatoms. The van der Waals surface area contributed by atoms with Gasteiger partial charge in [-0.3, -0.25) is 4.79 Å². The predicted octanol–water partition coefficient (Wildman–Crippen LogP) is 2.02. The van der Waals surface area contributed by atoms with Gasteiger partial charge in [0.2, 0.25) is 0 Å². The summed E-state index contributed by atoms with van der Waals surface area (Å²) in [7, 11) is 1.77. The van der Waals surface area contributed by atoms with Crippen LogP contribution in [0.25, 0.3) is 5.69 Å². The molecule has 0 N–H and O–H groups in total. The number of hydrogen-bond donors (Lipinski definition) is 0. The zero-order chi connectivity index (χ0) is 18.3. The van der Waals surface area contributed by atoms with E-state index in [4.69, 9.17) is 4.74 Å². The van der Waals surface area contributed by atoms with E-state index >= 15 is 0 Å². The first-order chi connectivity index (χ1) is 12.6. The number of hydrogen-bond acceptors (Lipinski definition) is 4. The standard InChI is InChI=1S/C20H25N3O3/c1-3-10-22-11-12-26-18-9-8-14(13-17(18)22)23-19(24)15-6-4-5-7-16(15)21(2)20(23)25/h8-9,13H,3-7,10-12H2,1-2H3. The van der Waals surface area contributed by atoms with Crippen LogP contribution in [0.4, 0.5) is 5.69 Å². The van der Waals surface area contributed by atoms with Gasteiger partial charge in [0.05, 0.1) is 17.9 Å². The number of fused-ring (bicyclic) bond motifs is 2. The van der Waals surface area contributed by atoms with Crippen molar-refractivity contribution in [2.24, 2.45) is 7.05 Å². The lowest BCUT2D eigenvalue weighted by atomic mass is 9.97. The normalized spacial score (nSPS) is 16.0. The number of anilines is 1. The summed E-state index contributed by atoms with van der Waals surface area (Å²) in [4.78, 5) is 28.2. The van der Waals surface area contributed by atoms with Crippen LogP contribution in [0.15, 0.2) is 27.8 Å². The van der Waals surface area contributed by atoms with E-state index in [1.165, 1.54) is 4.57 Å². The molecule has 1 aliphatic heterocycles. The van der Waals surface area contributed by atoms with Crippen molar-refractivity contribution in [3.05, 3.63) is 50.3 Å². The minimum absolute atomic E-state index is 0.165. The summed E-state index contributed by atoms with van der Waals surface area (Å²) >= 11 is 0. The largest absolute Gasteiger partial charge is 0.490 e. The maximum absolute atomic E-state index is 13.1. The molecule has 2 aliphatic rings. The van der Waals surface area contributed by atoms with Crippen LogP contribution in [-0.2, 0) is 19.9 Å². The Labute approximate surface area is 152 Å². The molecule has 2 aromatic rings. The van der Waals surface area contributed by atoms with Crippen LogP contribution in [0.1, 0.15) is 37.4 Å². The van der Waals surface area contributed by atoms with Crippen molar-refractivity contribution in [3.8, 4) is 11.4 Å². The lowest BCUT2D eigenvalue weighted by Crippen LogP contribution is -2.42. The van der Waals surface area contributed by atoms with E-state index < -0.39 is 0 Å². The van der Waals surface area contributed by atoms with E-state index in [-0.39, 0.29) is 11.2 Å². The highest BCUT2D eigenvalue weighted by Crippen LogP contribution is 2.33. The van der Waals surface area contributed by atoms with Crippen molar-refractivity contribution in [1.82, 2.24) is 9.13 Å². The van der Waals surface area contributed by atoms with Crippen LogP contribution in [0.3, 0.4) is 0 Å². The van der Waals surface area contributed by atoms with E-state index in [0.717, 1.165) is 67.9 Å². The first-order valence-corrected chi connectivity index (χ1v) is 9.47. The zero-order valence-electron chi connectivity index (χ0n) is 15.5. The highest BCUT2D eigenvalue weighted by Gasteiger charge is 2.23. The number of ether oxygens (including phenoxy) is 1. The van der Waals surface area contributed by atoms with Crippen molar-refractivity contribution in [1.29, 1.82) is 0 Å². The fourth-order valence-electron chi connectivity index (χ4n) is 4.11. The SMILES string of the molecule is CCCN1CCOc2ccc(-n3c(=O)c4c(n(C)c3=O)CCCC4)cc21. The van der Waals surface area contributed by atoms with E-state index in [9.17, 15) is 9.59 Å². The lowest BCUT2D eigenvalue weighted by Gasteiger charge is -2.31. The summed E-state index contributed by atoms with van der Waals surface area (Å²) in [6.45, 7) is 4.55. The van der Waals surface area contributed by atoms with Crippen LogP contribution in [0, 0.1) is 0 Å². The number of nitrogens with zero attached hydrogens (tertiary/aromatic N) is 3. The Morgan fingerprint density at radius 2 is 1.96 bits per heavy atom. The molecule has 1 aromatic heterocycles. The Balaban J connectivity index is 1.89. The first kappa shape index (κ1) is 16.9. The smallest absolute Gasteiger partial charge is 0.335 e. The van der Waals surface area contributed by atoms with Gasteiger partial charge in [0, 0.05) is 24.8 Å². The second-order valence-corrected chi connectivity index (χ2v) is 7.10. The molecule has 0 bridgehead atoms. The summed E-state index contributed by atoms with van der Waals surface area (Å²) < 4.78 is 8.72. The molecule has 4 rings (SSSR count). The molecular formula is C20H25N3O3. The predicted molar refractivity (Wildman–Crippen MR) is 102 cm³/mol. The Bertz CT molecular complexity index is 958. The number of rotatable bonds is 3. The van der Waals surface area contributed by atoms with Crippen LogP contribution >= 0.6 is 0 Å². The van der Waals surface area contributed by atoms with E-state index in [1.807, 2.05) is 18.2 Å². The fourth-order valence-corrected chi connectivity index (χ4v) is 4.11.